The highest BCUT2D eigenvalue weighted by molar-refractivity contribution is 9.11. The average molecular weight is 379 g/mol. The third-order valence-corrected chi connectivity index (χ3v) is 5.24. The number of thioether (sulfide) groups is 1. The number of carbonyl (C=O) groups excluding carboxylic acids is 1. The summed E-state index contributed by atoms with van der Waals surface area (Å²) >= 11 is 8.73. The van der Waals surface area contributed by atoms with Gasteiger partial charge in [-0.05, 0) is 52.7 Å². The average Bonchev–Trinajstić information content (AvgIpc) is 2.78. The second-order valence-electron chi connectivity index (χ2n) is 3.97. The van der Waals surface area contributed by atoms with Crippen LogP contribution >= 0.6 is 43.6 Å². The van der Waals surface area contributed by atoms with Crippen molar-refractivity contribution in [1.82, 2.24) is 5.32 Å². The molecule has 0 aliphatic carbocycles. The number of hydrogen-bond acceptors (Lipinski definition) is 2. The fourth-order valence-corrected chi connectivity index (χ4v) is 4.21. The standard InChI is InChI=1S/C12H13Br2NOS/c13-8-3-4-10(11(14)6-8)12(16)15-7-9-2-1-5-17-9/h3-4,6,9H,1-2,5,7H2,(H,15,16). The van der Waals surface area contributed by atoms with Crippen LogP contribution in [0, 0.1) is 0 Å². The van der Waals surface area contributed by atoms with E-state index in [9.17, 15) is 4.79 Å². The smallest absolute Gasteiger partial charge is 0.252 e. The van der Waals surface area contributed by atoms with Crippen molar-refractivity contribution in [2.75, 3.05) is 12.3 Å². The summed E-state index contributed by atoms with van der Waals surface area (Å²) in [6, 6.07) is 5.59. The summed E-state index contributed by atoms with van der Waals surface area (Å²) < 4.78 is 1.79. The maximum Gasteiger partial charge on any atom is 0.252 e. The van der Waals surface area contributed by atoms with Crippen molar-refractivity contribution in [1.29, 1.82) is 0 Å². The predicted molar refractivity (Wildman–Crippen MR) is 79.7 cm³/mol. The van der Waals surface area contributed by atoms with E-state index in [0.717, 1.165) is 15.5 Å². The minimum atomic E-state index is -0.00289. The molecule has 92 valence electrons. The topological polar surface area (TPSA) is 29.1 Å². The second-order valence-corrected chi connectivity index (χ2v) is 7.15. The van der Waals surface area contributed by atoms with E-state index in [2.05, 4.69) is 37.2 Å². The van der Waals surface area contributed by atoms with Crippen LogP contribution < -0.4 is 5.32 Å². The summed E-state index contributed by atoms with van der Waals surface area (Å²) in [5.74, 6) is 1.22. The van der Waals surface area contributed by atoms with Gasteiger partial charge >= 0.3 is 0 Å². The number of nitrogens with one attached hydrogen (secondary N) is 1. The van der Waals surface area contributed by atoms with Crippen molar-refractivity contribution in [3.8, 4) is 0 Å². The molecule has 17 heavy (non-hydrogen) atoms. The van der Waals surface area contributed by atoms with Gasteiger partial charge < -0.3 is 5.32 Å². The van der Waals surface area contributed by atoms with Gasteiger partial charge in [0.15, 0.2) is 0 Å². The second kappa shape index (κ2) is 6.25. The maximum absolute atomic E-state index is 12.0. The Kier molecular flexibility index (Phi) is 4.94. The van der Waals surface area contributed by atoms with Crippen LogP contribution in [0.3, 0.4) is 0 Å². The molecule has 1 aliphatic rings. The summed E-state index contributed by atoms with van der Waals surface area (Å²) in [5, 5.41) is 3.59. The van der Waals surface area contributed by atoms with E-state index in [1.54, 1.807) is 0 Å². The Hall–Kier alpha value is -0.000000000000000111. The largest absolute Gasteiger partial charge is 0.351 e. The molecule has 5 heteroatoms. The quantitative estimate of drug-likeness (QED) is 0.865. The van der Waals surface area contributed by atoms with Crippen LogP contribution in [0.25, 0.3) is 0 Å². The first-order valence-corrected chi connectivity index (χ1v) is 8.15. The van der Waals surface area contributed by atoms with Crippen LogP contribution in [0.15, 0.2) is 27.1 Å². The van der Waals surface area contributed by atoms with Gasteiger partial charge in [0, 0.05) is 20.7 Å². The van der Waals surface area contributed by atoms with Crippen LogP contribution in [0.2, 0.25) is 0 Å². The van der Waals surface area contributed by atoms with E-state index in [-0.39, 0.29) is 5.91 Å². The lowest BCUT2D eigenvalue weighted by molar-refractivity contribution is 0.0953. The van der Waals surface area contributed by atoms with Gasteiger partial charge in [-0.2, -0.15) is 11.8 Å². The molecule has 1 N–H and O–H groups in total. The van der Waals surface area contributed by atoms with E-state index in [4.69, 9.17) is 0 Å². The molecule has 1 saturated heterocycles. The van der Waals surface area contributed by atoms with Crippen LogP contribution in [0.5, 0.6) is 0 Å². The van der Waals surface area contributed by atoms with Crippen LogP contribution in [-0.4, -0.2) is 23.5 Å². The number of carbonyl (C=O) groups is 1. The number of amides is 1. The molecule has 1 amide bonds. The third kappa shape index (κ3) is 3.73. The van der Waals surface area contributed by atoms with E-state index >= 15 is 0 Å². The number of rotatable bonds is 3. The zero-order valence-corrected chi connectivity index (χ0v) is 13.2. The molecule has 1 aliphatic heterocycles. The zero-order valence-electron chi connectivity index (χ0n) is 9.21. The molecule has 0 aromatic heterocycles. The van der Waals surface area contributed by atoms with Crippen molar-refractivity contribution >= 4 is 49.5 Å². The van der Waals surface area contributed by atoms with Crippen LogP contribution in [0.1, 0.15) is 23.2 Å². The normalized spacial score (nSPS) is 19.3. The molecule has 1 unspecified atom stereocenters. The molecule has 1 atom stereocenters. The summed E-state index contributed by atoms with van der Waals surface area (Å²) in [6.07, 6.45) is 2.49. The fraction of sp³-hybridized carbons (Fsp3) is 0.417. The zero-order chi connectivity index (χ0) is 12.3. The maximum atomic E-state index is 12.0. The lowest BCUT2D eigenvalue weighted by Crippen LogP contribution is -2.29. The van der Waals surface area contributed by atoms with Crippen molar-refractivity contribution in [3.05, 3.63) is 32.7 Å². The number of hydrogen-bond donors (Lipinski definition) is 1. The highest BCUT2D eigenvalue weighted by Gasteiger charge is 2.17. The monoisotopic (exact) mass is 377 g/mol. The minimum absolute atomic E-state index is 0.00289. The highest BCUT2D eigenvalue weighted by Crippen LogP contribution is 2.26. The Balaban J connectivity index is 1.94. The first-order chi connectivity index (χ1) is 8.16. The van der Waals surface area contributed by atoms with Crippen molar-refractivity contribution in [3.63, 3.8) is 0 Å². The molecule has 1 heterocycles. The first kappa shape index (κ1) is 13.4. The lowest BCUT2D eigenvalue weighted by Gasteiger charge is -2.11. The first-order valence-electron chi connectivity index (χ1n) is 5.51. The Morgan fingerprint density at radius 1 is 1.47 bits per heavy atom. The fourth-order valence-electron chi connectivity index (χ4n) is 1.78. The van der Waals surface area contributed by atoms with Gasteiger partial charge in [-0.25, -0.2) is 0 Å². The Morgan fingerprint density at radius 2 is 2.29 bits per heavy atom. The Bertz CT molecular complexity index is 419. The number of benzene rings is 1. The highest BCUT2D eigenvalue weighted by atomic mass is 79.9. The molecule has 1 aromatic carbocycles. The molecule has 2 rings (SSSR count). The summed E-state index contributed by atoms with van der Waals surface area (Å²) in [4.78, 5) is 12.0. The third-order valence-electron chi connectivity index (χ3n) is 2.69. The molecule has 0 saturated carbocycles. The molecule has 1 fully saturated rings. The molecule has 0 radical (unpaired) electrons. The van der Waals surface area contributed by atoms with Gasteiger partial charge in [-0.1, -0.05) is 15.9 Å². The molecule has 0 bridgehead atoms. The van der Waals surface area contributed by atoms with Gasteiger partial charge in [0.2, 0.25) is 0 Å². The van der Waals surface area contributed by atoms with Gasteiger partial charge in [-0.15, -0.1) is 0 Å². The summed E-state index contributed by atoms with van der Waals surface area (Å²) in [7, 11) is 0. The van der Waals surface area contributed by atoms with E-state index in [1.807, 2.05) is 30.0 Å². The predicted octanol–water partition coefficient (Wildman–Crippen LogP) is 3.84. The van der Waals surface area contributed by atoms with Crippen LogP contribution in [-0.2, 0) is 0 Å². The van der Waals surface area contributed by atoms with Crippen LogP contribution in [0.4, 0.5) is 0 Å². The summed E-state index contributed by atoms with van der Waals surface area (Å²) in [5.41, 5.74) is 0.691. The van der Waals surface area contributed by atoms with Crippen molar-refractivity contribution in [2.45, 2.75) is 18.1 Å². The van der Waals surface area contributed by atoms with E-state index < -0.39 is 0 Å². The van der Waals surface area contributed by atoms with Crippen molar-refractivity contribution < 1.29 is 4.79 Å². The molecular weight excluding hydrogens is 366 g/mol. The summed E-state index contributed by atoms with van der Waals surface area (Å²) in [6.45, 7) is 0.770. The minimum Gasteiger partial charge on any atom is -0.351 e. The van der Waals surface area contributed by atoms with Gasteiger partial charge in [0.1, 0.15) is 0 Å². The molecule has 1 aromatic rings. The number of halogens is 2. The van der Waals surface area contributed by atoms with Gasteiger partial charge in [-0.3, -0.25) is 4.79 Å². The Morgan fingerprint density at radius 3 is 2.94 bits per heavy atom. The van der Waals surface area contributed by atoms with Gasteiger partial charge in [0.05, 0.1) is 5.56 Å². The van der Waals surface area contributed by atoms with Crippen molar-refractivity contribution in [2.24, 2.45) is 0 Å². The van der Waals surface area contributed by atoms with E-state index in [1.165, 1.54) is 18.6 Å². The molecule has 0 spiro atoms. The van der Waals surface area contributed by atoms with Gasteiger partial charge in [0.25, 0.3) is 5.91 Å². The Labute approximate surface area is 122 Å². The van der Waals surface area contributed by atoms with E-state index in [0.29, 0.717) is 10.8 Å². The molecular formula is C12H13Br2NOS. The molecule has 2 nitrogen and oxygen atoms in total. The lowest BCUT2D eigenvalue weighted by atomic mass is 10.2. The SMILES string of the molecule is O=C(NCC1CCCS1)c1ccc(Br)cc1Br.